The van der Waals surface area contributed by atoms with Crippen molar-refractivity contribution in [3.05, 3.63) is 0 Å². The van der Waals surface area contributed by atoms with Crippen molar-refractivity contribution in [3.8, 4) is 0 Å². The maximum atomic E-state index is 10.6. The highest BCUT2D eigenvalue weighted by molar-refractivity contribution is 4.95. The molecule has 2 aliphatic carbocycles. The molecule has 3 N–H and O–H groups in total. The maximum absolute atomic E-state index is 10.6. The third kappa shape index (κ3) is 3.32. The van der Waals surface area contributed by atoms with Crippen LogP contribution in [-0.2, 0) is 0 Å². The van der Waals surface area contributed by atoms with Crippen LogP contribution in [0.5, 0.6) is 0 Å². The lowest BCUT2D eigenvalue weighted by Gasteiger charge is -2.35. The van der Waals surface area contributed by atoms with Gasteiger partial charge in [0.15, 0.2) is 0 Å². The largest absolute Gasteiger partial charge is 0.389 e. The van der Waals surface area contributed by atoms with Gasteiger partial charge in [-0.05, 0) is 51.0 Å². The molecule has 0 aromatic heterocycles. The summed E-state index contributed by atoms with van der Waals surface area (Å²) in [5.74, 6) is 0.801. The molecule has 19 heavy (non-hydrogen) atoms. The molecule has 3 fully saturated rings. The van der Waals surface area contributed by atoms with E-state index >= 15 is 0 Å². The average molecular weight is 266 g/mol. The maximum Gasteiger partial charge on any atom is 0.0771 e. The summed E-state index contributed by atoms with van der Waals surface area (Å²) in [6.07, 6.45) is 12.4. The molecule has 0 amide bonds. The standard InChI is InChI=1S/C16H30N2O/c19-16(9-2-1-3-10-16)12-18-15-7-4-6-13(15)14-8-5-11-17-14/h13-15,17-19H,1-12H2. The van der Waals surface area contributed by atoms with E-state index in [0.717, 1.165) is 31.3 Å². The van der Waals surface area contributed by atoms with Gasteiger partial charge in [-0.2, -0.15) is 0 Å². The summed E-state index contributed by atoms with van der Waals surface area (Å²) < 4.78 is 0. The molecule has 3 atom stereocenters. The molecule has 1 saturated heterocycles. The molecule has 0 spiro atoms. The van der Waals surface area contributed by atoms with Gasteiger partial charge in [-0.25, -0.2) is 0 Å². The van der Waals surface area contributed by atoms with E-state index in [1.165, 1.54) is 57.9 Å². The van der Waals surface area contributed by atoms with Crippen LogP contribution in [0.1, 0.15) is 64.2 Å². The lowest BCUT2D eigenvalue weighted by atomic mass is 9.84. The Hall–Kier alpha value is -0.120. The van der Waals surface area contributed by atoms with Gasteiger partial charge >= 0.3 is 0 Å². The van der Waals surface area contributed by atoms with Crippen LogP contribution in [0.15, 0.2) is 0 Å². The monoisotopic (exact) mass is 266 g/mol. The van der Waals surface area contributed by atoms with Crippen molar-refractivity contribution >= 4 is 0 Å². The highest BCUT2D eigenvalue weighted by Crippen LogP contribution is 2.33. The molecule has 3 rings (SSSR count). The van der Waals surface area contributed by atoms with Crippen molar-refractivity contribution in [2.75, 3.05) is 13.1 Å². The Morgan fingerprint density at radius 1 is 1.00 bits per heavy atom. The van der Waals surface area contributed by atoms with Gasteiger partial charge < -0.3 is 15.7 Å². The highest BCUT2D eigenvalue weighted by atomic mass is 16.3. The molecule has 1 aliphatic heterocycles. The quantitative estimate of drug-likeness (QED) is 0.731. The second-order valence-corrected chi connectivity index (χ2v) is 7.07. The SMILES string of the molecule is OC1(CNC2CCCC2C2CCCN2)CCCCC1. The minimum atomic E-state index is -0.408. The number of rotatable bonds is 4. The topological polar surface area (TPSA) is 44.3 Å². The lowest BCUT2D eigenvalue weighted by Crippen LogP contribution is -2.49. The van der Waals surface area contributed by atoms with Gasteiger partial charge in [-0.3, -0.25) is 0 Å². The highest BCUT2D eigenvalue weighted by Gasteiger charge is 2.36. The van der Waals surface area contributed by atoms with Crippen molar-refractivity contribution in [2.24, 2.45) is 5.92 Å². The number of nitrogens with one attached hydrogen (secondary N) is 2. The first kappa shape index (κ1) is 13.8. The zero-order chi connectivity index (χ0) is 13.1. The third-order valence-electron chi connectivity index (χ3n) is 5.66. The van der Waals surface area contributed by atoms with E-state index in [0.29, 0.717) is 6.04 Å². The summed E-state index contributed by atoms with van der Waals surface area (Å²) >= 11 is 0. The molecule has 0 aromatic rings. The van der Waals surface area contributed by atoms with Crippen LogP contribution in [0.4, 0.5) is 0 Å². The van der Waals surface area contributed by atoms with Crippen LogP contribution in [0.2, 0.25) is 0 Å². The predicted octanol–water partition coefficient (Wildman–Crippen LogP) is 2.19. The van der Waals surface area contributed by atoms with Gasteiger partial charge in [-0.1, -0.05) is 25.7 Å². The van der Waals surface area contributed by atoms with Crippen molar-refractivity contribution in [1.82, 2.24) is 10.6 Å². The van der Waals surface area contributed by atoms with Crippen molar-refractivity contribution in [3.63, 3.8) is 0 Å². The second kappa shape index (κ2) is 6.11. The van der Waals surface area contributed by atoms with Gasteiger partial charge in [0.05, 0.1) is 5.60 Å². The van der Waals surface area contributed by atoms with Gasteiger partial charge in [0.2, 0.25) is 0 Å². The first-order chi connectivity index (χ1) is 9.27. The Bertz CT molecular complexity index is 282. The summed E-state index contributed by atoms with van der Waals surface area (Å²) in [6.45, 7) is 2.03. The Morgan fingerprint density at radius 3 is 2.58 bits per heavy atom. The van der Waals surface area contributed by atoms with Gasteiger partial charge in [0.25, 0.3) is 0 Å². The molecule has 110 valence electrons. The van der Waals surface area contributed by atoms with Gasteiger partial charge in [0, 0.05) is 18.6 Å². The van der Waals surface area contributed by atoms with Crippen molar-refractivity contribution in [2.45, 2.75) is 81.9 Å². The predicted molar refractivity (Wildman–Crippen MR) is 78.2 cm³/mol. The average Bonchev–Trinajstić information content (AvgIpc) is 3.08. The van der Waals surface area contributed by atoms with Crippen LogP contribution in [0.25, 0.3) is 0 Å². The minimum Gasteiger partial charge on any atom is -0.389 e. The van der Waals surface area contributed by atoms with E-state index in [1.807, 2.05) is 0 Å². The fourth-order valence-corrected chi connectivity index (χ4v) is 4.51. The van der Waals surface area contributed by atoms with Crippen LogP contribution in [0.3, 0.4) is 0 Å². The first-order valence-corrected chi connectivity index (χ1v) is 8.46. The van der Waals surface area contributed by atoms with Crippen LogP contribution in [0, 0.1) is 5.92 Å². The molecular formula is C16H30N2O. The summed E-state index contributed by atoms with van der Waals surface area (Å²) in [7, 11) is 0. The van der Waals surface area contributed by atoms with E-state index in [9.17, 15) is 5.11 Å². The van der Waals surface area contributed by atoms with Crippen LogP contribution < -0.4 is 10.6 Å². The third-order valence-corrected chi connectivity index (χ3v) is 5.66. The van der Waals surface area contributed by atoms with E-state index in [2.05, 4.69) is 10.6 Å². The normalized spacial score (nSPS) is 38.7. The lowest BCUT2D eigenvalue weighted by molar-refractivity contribution is 0.00126. The summed E-state index contributed by atoms with van der Waals surface area (Å²) in [4.78, 5) is 0. The van der Waals surface area contributed by atoms with E-state index in [1.54, 1.807) is 0 Å². The Kier molecular flexibility index (Phi) is 4.45. The minimum absolute atomic E-state index is 0.408. The molecule has 0 bridgehead atoms. The summed E-state index contributed by atoms with van der Waals surface area (Å²) in [6, 6.07) is 1.38. The van der Waals surface area contributed by atoms with E-state index in [-0.39, 0.29) is 0 Å². The number of aliphatic hydroxyl groups is 1. The molecule has 0 aromatic carbocycles. The molecule has 3 aliphatic rings. The Morgan fingerprint density at radius 2 is 1.84 bits per heavy atom. The summed E-state index contributed by atoms with van der Waals surface area (Å²) in [5.41, 5.74) is -0.408. The fourth-order valence-electron chi connectivity index (χ4n) is 4.51. The van der Waals surface area contributed by atoms with Gasteiger partial charge in [0.1, 0.15) is 0 Å². The van der Waals surface area contributed by atoms with Crippen LogP contribution in [-0.4, -0.2) is 35.9 Å². The first-order valence-electron chi connectivity index (χ1n) is 8.46. The fraction of sp³-hybridized carbons (Fsp3) is 1.00. The van der Waals surface area contributed by atoms with Crippen LogP contribution >= 0.6 is 0 Å². The molecule has 3 unspecified atom stereocenters. The second-order valence-electron chi connectivity index (χ2n) is 7.07. The smallest absolute Gasteiger partial charge is 0.0771 e. The molecule has 3 heteroatoms. The Labute approximate surface area is 117 Å². The van der Waals surface area contributed by atoms with Crippen molar-refractivity contribution < 1.29 is 5.11 Å². The molecule has 0 radical (unpaired) electrons. The molecular weight excluding hydrogens is 236 g/mol. The Balaban J connectivity index is 1.50. The molecule has 1 heterocycles. The molecule has 2 saturated carbocycles. The van der Waals surface area contributed by atoms with E-state index < -0.39 is 5.60 Å². The van der Waals surface area contributed by atoms with E-state index in [4.69, 9.17) is 0 Å². The zero-order valence-corrected chi connectivity index (χ0v) is 12.2. The van der Waals surface area contributed by atoms with Gasteiger partial charge in [-0.15, -0.1) is 0 Å². The summed E-state index contributed by atoms with van der Waals surface area (Å²) in [5, 5.41) is 18.0. The number of hydrogen-bond acceptors (Lipinski definition) is 3. The van der Waals surface area contributed by atoms with Crippen molar-refractivity contribution in [1.29, 1.82) is 0 Å². The zero-order valence-electron chi connectivity index (χ0n) is 12.2. The number of hydrogen-bond donors (Lipinski definition) is 3. The molecule has 3 nitrogen and oxygen atoms in total.